The zero-order chi connectivity index (χ0) is 25.3. The van der Waals surface area contributed by atoms with Crippen LogP contribution in [0.5, 0.6) is 0 Å². The third kappa shape index (κ3) is 3.31. The first kappa shape index (κ1) is 23.8. The SMILES string of the molecule is COC(=O)C1=C(N)N(c2ccc(Br)cc2Br)C2=C(C(=O)CC(C)(C)C2)C12C(=O)Nc1ccccc12. The molecular formula is C26H23Br2N3O4. The molecule has 3 aliphatic rings. The Hall–Kier alpha value is -2.91. The summed E-state index contributed by atoms with van der Waals surface area (Å²) in [5, 5.41) is 2.88. The summed E-state index contributed by atoms with van der Waals surface area (Å²) >= 11 is 7.07. The molecule has 2 aromatic carbocycles. The van der Waals surface area contributed by atoms with E-state index in [1.807, 2.05) is 32.0 Å². The molecule has 1 aliphatic carbocycles. The zero-order valence-electron chi connectivity index (χ0n) is 19.4. The molecule has 1 atom stereocenters. The third-order valence-electron chi connectivity index (χ3n) is 6.83. The molecule has 2 heterocycles. The minimum absolute atomic E-state index is 0.0518. The highest BCUT2D eigenvalue weighted by Gasteiger charge is 2.62. The van der Waals surface area contributed by atoms with Crippen molar-refractivity contribution in [2.24, 2.45) is 11.1 Å². The molecule has 2 aliphatic heterocycles. The number of anilines is 2. The van der Waals surface area contributed by atoms with E-state index in [2.05, 4.69) is 37.2 Å². The molecule has 0 radical (unpaired) electrons. The van der Waals surface area contributed by atoms with Gasteiger partial charge in [0.05, 0.1) is 12.8 Å². The van der Waals surface area contributed by atoms with Gasteiger partial charge in [-0.15, -0.1) is 0 Å². The molecule has 3 N–H and O–H groups in total. The Kier molecular flexibility index (Phi) is 5.49. The number of methoxy groups -OCH3 is 1. The van der Waals surface area contributed by atoms with Crippen molar-refractivity contribution in [1.29, 1.82) is 0 Å². The summed E-state index contributed by atoms with van der Waals surface area (Å²) in [5.41, 5.74) is 7.22. The number of fused-ring (bicyclic) bond motifs is 3. The van der Waals surface area contributed by atoms with Crippen LogP contribution in [0.2, 0.25) is 0 Å². The second-order valence-corrected chi connectivity index (χ2v) is 11.5. The number of esters is 1. The van der Waals surface area contributed by atoms with Crippen LogP contribution in [-0.4, -0.2) is 24.8 Å². The lowest BCUT2D eigenvalue weighted by Crippen LogP contribution is -2.54. The van der Waals surface area contributed by atoms with E-state index in [0.29, 0.717) is 33.5 Å². The van der Waals surface area contributed by atoms with Crippen molar-refractivity contribution in [1.82, 2.24) is 0 Å². The maximum atomic E-state index is 13.9. The minimum atomic E-state index is -1.70. The van der Waals surface area contributed by atoms with Crippen LogP contribution < -0.4 is 16.0 Å². The van der Waals surface area contributed by atoms with Gasteiger partial charge in [-0.1, -0.05) is 48.0 Å². The number of rotatable bonds is 2. The van der Waals surface area contributed by atoms with Crippen molar-refractivity contribution in [2.45, 2.75) is 32.1 Å². The summed E-state index contributed by atoms with van der Waals surface area (Å²) < 4.78 is 6.71. The highest BCUT2D eigenvalue weighted by molar-refractivity contribution is 9.11. The molecule has 0 saturated heterocycles. The number of para-hydroxylation sites is 1. The van der Waals surface area contributed by atoms with Crippen LogP contribution in [0.4, 0.5) is 11.4 Å². The van der Waals surface area contributed by atoms with E-state index in [4.69, 9.17) is 10.5 Å². The minimum Gasteiger partial charge on any atom is -0.466 e. The number of carbonyl (C=O) groups excluding carboxylic acids is 3. The van der Waals surface area contributed by atoms with E-state index in [-0.39, 0.29) is 34.6 Å². The van der Waals surface area contributed by atoms with Gasteiger partial charge in [-0.2, -0.15) is 0 Å². The van der Waals surface area contributed by atoms with Crippen molar-refractivity contribution in [2.75, 3.05) is 17.3 Å². The van der Waals surface area contributed by atoms with Crippen molar-refractivity contribution in [3.8, 4) is 0 Å². The highest BCUT2D eigenvalue weighted by Crippen LogP contribution is 2.57. The van der Waals surface area contributed by atoms with Gasteiger partial charge in [0.15, 0.2) is 5.78 Å². The lowest BCUT2D eigenvalue weighted by molar-refractivity contribution is -0.138. The maximum Gasteiger partial charge on any atom is 0.339 e. The number of nitrogens with zero attached hydrogens (tertiary/aromatic N) is 1. The van der Waals surface area contributed by atoms with Crippen LogP contribution in [0, 0.1) is 5.41 Å². The number of hydrogen-bond donors (Lipinski definition) is 2. The number of ketones is 1. The van der Waals surface area contributed by atoms with Crippen LogP contribution in [0.1, 0.15) is 32.3 Å². The zero-order valence-corrected chi connectivity index (χ0v) is 22.5. The Balaban J connectivity index is 1.94. The molecule has 35 heavy (non-hydrogen) atoms. The van der Waals surface area contributed by atoms with Crippen molar-refractivity contribution < 1.29 is 19.1 Å². The molecule has 2 aromatic rings. The monoisotopic (exact) mass is 599 g/mol. The second-order valence-electron chi connectivity index (χ2n) is 9.70. The van der Waals surface area contributed by atoms with Crippen LogP contribution >= 0.6 is 31.9 Å². The molecule has 9 heteroatoms. The van der Waals surface area contributed by atoms with Gasteiger partial charge >= 0.3 is 5.97 Å². The molecule has 1 unspecified atom stereocenters. The van der Waals surface area contributed by atoms with Gasteiger partial charge in [0.2, 0.25) is 5.91 Å². The predicted octanol–water partition coefficient (Wildman–Crippen LogP) is 4.91. The van der Waals surface area contributed by atoms with Crippen molar-refractivity contribution >= 4 is 60.9 Å². The number of hydrogen-bond acceptors (Lipinski definition) is 6. The van der Waals surface area contributed by atoms with E-state index >= 15 is 0 Å². The van der Waals surface area contributed by atoms with E-state index < -0.39 is 17.3 Å². The molecule has 7 nitrogen and oxygen atoms in total. The number of Topliss-reactive ketones (excluding diaryl/α,β-unsaturated/α-hetero) is 1. The summed E-state index contributed by atoms with van der Waals surface area (Å²) in [6.45, 7) is 4.02. The Morgan fingerprint density at radius 3 is 2.51 bits per heavy atom. The van der Waals surface area contributed by atoms with Gasteiger partial charge in [0.25, 0.3) is 0 Å². The Labute approximate surface area is 219 Å². The number of carbonyl (C=O) groups is 3. The quantitative estimate of drug-likeness (QED) is 0.475. The van der Waals surface area contributed by atoms with Gasteiger partial charge in [-0.05, 0) is 52.0 Å². The second kappa shape index (κ2) is 8.06. The first-order chi connectivity index (χ1) is 16.5. The topological polar surface area (TPSA) is 102 Å². The fourth-order valence-electron chi connectivity index (χ4n) is 5.53. The number of allylic oxidation sites excluding steroid dienone is 1. The summed E-state index contributed by atoms with van der Waals surface area (Å²) in [6, 6.07) is 12.6. The molecule has 0 aromatic heterocycles. The van der Waals surface area contributed by atoms with Crippen molar-refractivity contribution in [3.63, 3.8) is 0 Å². The number of nitrogens with one attached hydrogen (secondary N) is 1. The van der Waals surface area contributed by atoms with Crippen LogP contribution in [-0.2, 0) is 24.5 Å². The van der Waals surface area contributed by atoms with Crippen molar-refractivity contribution in [3.05, 3.63) is 79.6 Å². The Morgan fingerprint density at radius 1 is 1.11 bits per heavy atom. The summed E-state index contributed by atoms with van der Waals surface area (Å²) in [7, 11) is 1.24. The molecule has 0 bridgehead atoms. The number of ether oxygens (including phenoxy) is 1. The predicted molar refractivity (Wildman–Crippen MR) is 139 cm³/mol. The molecular weight excluding hydrogens is 578 g/mol. The molecule has 1 amide bonds. The van der Waals surface area contributed by atoms with E-state index in [1.165, 1.54) is 7.11 Å². The first-order valence-corrected chi connectivity index (χ1v) is 12.6. The summed E-state index contributed by atoms with van der Waals surface area (Å²) in [6.07, 6.45) is 0.704. The van der Waals surface area contributed by atoms with Gasteiger partial charge < -0.3 is 15.8 Å². The maximum absolute atomic E-state index is 13.9. The normalized spacial score (nSPS) is 22.8. The highest BCUT2D eigenvalue weighted by atomic mass is 79.9. The van der Waals surface area contributed by atoms with Crippen LogP contribution in [0.15, 0.2) is 74.1 Å². The third-order valence-corrected chi connectivity index (χ3v) is 7.96. The lowest BCUT2D eigenvalue weighted by atomic mass is 9.60. The van der Waals surface area contributed by atoms with Gasteiger partial charge in [0, 0.05) is 37.9 Å². The summed E-state index contributed by atoms with van der Waals surface area (Å²) in [5.74, 6) is -1.40. The van der Waals surface area contributed by atoms with Crippen LogP contribution in [0.3, 0.4) is 0 Å². The summed E-state index contributed by atoms with van der Waals surface area (Å²) in [4.78, 5) is 42.9. The largest absolute Gasteiger partial charge is 0.466 e. The van der Waals surface area contributed by atoms with E-state index in [0.717, 1.165) is 4.47 Å². The number of halogens is 2. The fourth-order valence-corrected chi connectivity index (χ4v) is 6.75. The van der Waals surface area contributed by atoms with Gasteiger partial charge in [-0.25, -0.2) is 4.79 Å². The number of nitrogens with two attached hydrogens (primary N) is 1. The Bertz CT molecular complexity index is 1390. The number of benzene rings is 2. The fraction of sp³-hybridized carbons (Fsp3) is 0.269. The molecule has 5 rings (SSSR count). The molecule has 0 saturated carbocycles. The van der Waals surface area contributed by atoms with E-state index in [1.54, 1.807) is 29.2 Å². The first-order valence-electron chi connectivity index (χ1n) is 11.0. The van der Waals surface area contributed by atoms with Crippen LogP contribution in [0.25, 0.3) is 0 Å². The average molecular weight is 601 g/mol. The van der Waals surface area contributed by atoms with Gasteiger partial charge in [0.1, 0.15) is 16.8 Å². The lowest BCUT2D eigenvalue weighted by Gasteiger charge is -2.47. The standard InChI is InChI=1S/C26H23Br2N3O4/c1-25(2)11-18-20(19(32)12-25)26(14-6-4-5-7-16(14)30-24(26)34)21(23(33)35-3)22(29)31(18)17-9-8-13(27)10-15(17)28/h4-10H,11-12,29H2,1-3H3,(H,30,34). The molecule has 0 fully saturated rings. The Morgan fingerprint density at radius 2 is 1.83 bits per heavy atom. The van der Waals surface area contributed by atoms with E-state index in [9.17, 15) is 14.4 Å². The smallest absolute Gasteiger partial charge is 0.339 e. The number of amides is 1. The molecule has 1 spiro atoms. The average Bonchev–Trinajstić information content (AvgIpc) is 3.06. The molecule has 180 valence electrons. The van der Waals surface area contributed by atoms with Gasteiger partial charge in [-0.3, -0.25) is 14.5 Å².